The zero-order valence-corrected chi connectivity index (χ0v) is 11.3. The number of benzene rings is 1. The normalized spacial score (nSPS) is 24.7. The van der Waals surface area contributed by atoms with Gasteiger partial charge in [0.25, 0.3) is 0 Å². The van der Waals surface area contributed by atoms with Crippen molar-refractivity contribution in [1.82, 2.24) is 0 Å². The van der Waals surface area contributed by atoms with E-state index in [0.717, 1.165) is 5.92 Å². The second-order valence-electron chi connectivity index (χ2n) is 6.37. The Hall–Kier alpha value is -0.820. The molecule has 0 radical (unpaired) electrons. The van der Waals surface area contributed by atoms with Crippen LogP contribution < -0.4 is 5.73 Å². The highest BCUT2D eigenvalue weighted by atomic mass is 14.7. The summed E-state index contributed by atoms with van der Waals surface area (Å²) >= 11 is 0. The largest absolute Gasteiger partial charge is 0.327 e. The summed E-state index contributed by atoms with van der Waals surface area (Å²) in [6.07, 6.45) is 10.8. The Bertz CT molecular complexity index is 374. The maximum absolute atomic E-state index is 6.66. The van der Waals surface area contributed by atoms with Crippen LogP contribution in [-0.4, -0.2) is 6.04 Å². The van der Waals surface area contributed by atoms with Gasteiger partial charge in [-0.15, -0.1) is 0 Å². The van der Waals surface area contributed by atoms with E-state index in [0.29, 0.717) is 6.04 Å². The Morgan fingerprint density at radius 2 is 1.72 bits per heavy atom. The minimum absolute atomic E-state index is 0.280. The minimum atomic E-state index is 0.280. The van der Waals surface area contributed by atoms with Gasteiger partial charge in [0.05, 0.1) is 0 Å². The Balaban J connectivity index is 1.86. The van der Waals surface area contributed by atoms with E-state index in [1.54, 1.807) is 0 Å². The SMILES string of the molecule is NC(CC1CC1)C1(c2ccccc2)CCCCC1. The van der Waals surface area contributed by atoms with Gasteiger partial charge in [-0.05, 0) is 30.7 Å². The lowest BCUT2D eigenvalue weighted by Gasteiger charge is -2.43. The van der Waals surface area contributed by atoms with Crippen LogP contribution in [0.1, 0.15) is 56.9 Å². The smallest absolute Gasteiger partial charge is 0.0139 e. The van der Waals surface area contributed by atoms with Gasteiger partial charge in [0, 0.05) is 11.5 Å². The highest BCUT2D eigenvalue weighted by Crippen LogP contribution is 2.45. The fraction of sp³-hybridized carbons (Fsp3) is 0.647. The number of rotatable bonds is 4. The first-order valence-corrected chi connectivity index (χ1v) is 7.62. The predicted molar refractivity (Wildman–Crippen MR) is 76.5 cm³/mol. The summed E-state index contributed by atoms with van der Waals surface area (Å²) in [5, 5.41) is 0. The van der Waals surface area contributed by atoms with Crippen molar-refractivity contribution in [2.75, 3.05) is 0 Å². The molecular formula is C17H25N. The van der Waals surface area contributed by atoms with Gasteiger partial charge in [-0.3, -0.25) is 0 Å². The van der Waals surface area contributed by atoms with Crippen molar-refractivity contribution < 1.29 is 0 Å². The highest BCUT2D eigenvalue weighted by Gasteiger charge is 2.41. The average molecular weight is 243 g/mol. The van der Waals surface area contributed by atoms with E-state index in [9.17, 15) is 0 Å². The summed E-state index contributed by atoms with van der Waals surface area (Å²) in [5.41, 5.74) is 8.43. The molecule has 2 aliphatic rings. The minimum Gasteiger partial charge on any atom is -0.327 e. The second-order valence-corrected chi connectivity index (χ2v) is 6.37. The molecule has 2 N–H and O–H groups in total. The van der Waals surface area contributed by atoms with Gasteiger partial charge in [-0.1, -0.05) is 62.4 Å². The van der Waals surface area contributed by atoms with Gasteiger partial charge in [0.15, 0.2) is 0 Å². The Kier molecular flexibility index (Phi) is 3.43. The summed E-state index contributed by atoms with van der Waals surface area (Å²) in [4.78, 5) is 0. The van der Waals surface area contributed by atoms with E-state index >= 15 is 0 Å². The third-order valence-electron chi connectivity index (χ3n) is 5.09. The molecule has 2 fully saturated rings. The number of hydrogen-bond donors (Lipinski definition) is 1. The van der Waals surface area contributed by atoms with Crippen LogP contribution in [-0.2, 0) is 5.41 Å². The van der Waals surface area contributed by atoms with Gasteiger partial charge in [-0.2, -0.15) is 0 Å². The van der Waals surface area contributed by atoms with Gasteiger partial charge in [0.1, 0.15) is 0 Å². The van der Waals surface area contributed by atoms with Crippen LogP contribution in [0.2, 0.25) is 0 Å². The molecule has 0 saturated heterocycles. The van der Waals surface area contributed by atoms with E-state index in [1.807, 2.05) is 0 Å². The summed E-state index contributed by atoms with van der Waals surface area (Å²) in [6.45, 7) is 0. The standard InChI is InChI=1S/C17H25N/c18-16(13-14-9-10-14)17(11-5-2-6-12-17)15-7-3-1-4-8-15/h1,3-4,7-8,14,16H,2,5-6,9-13,18H2. The van der Waals surface area contributed by atoms with E-state index in [2.05, 4.69) is 30.3 Å². The van der Waals surface area contributed by atoms with Crippen molar-refractivity contribution in [2.45, 2.75) is 62.8 Å². The van der Waals surface area contributed by atoms with Crippen LogP contribution >= 0.6 is 0 Å². The summed E-state index contributed by atoms with van der Waals surface area (Å²) in [7, 11) is 0. The van der Waals surface area contributed by atoms with E-state index in [4.69, 9.17) is 5.73 Å². The van der Waals surface area contributed by atoms with Gasteiger partial charge < -0.3 is 5.73 Å². The van der Waals surface area contributed by atoms with Crippen LogP contribution in [0.3, 0.4) is 0 Å². The maximum Gasteiger partial charge on any atom is 0.0139 e. The molecule has 0 spiro atoms. The fourth-order valence-corrected chi connectivity index (χ4v) is 3.76. The predicted octanol–water partition coefficient (Wildman–Crippen LogP) is 4.02. The molecule has 0 amide bonds. The van der Waals surface area contributed by atoms with Crippen molar-refractivity contribution in [3.8, 4) is 0 Å². The first-order valence-electron chi connectivity index (χ1n) is 7.62. The quantitative estimate of drug-likeness (QED) is 0.849. The monoisotopic (exact) mass is 243 g/mol. The molecule has 2 aliphatic carbocycles. The maximum atomic E-state index is 6.66. The van der Waals surface area contributed by atoms with Crippen LogP contribution in [0, 0.1) is 5.92 Å². The molecule has 2 saturated carbocycles. The van der Waals surface area contributed by atoms with Crippen LogP contribution in [0.5, 0.6) is 0 Å². The average Bonchev–Trinajstić information content (AvgIpc) is 3.24. The van der Waals surface area contributed by atoms with Gasteiger partial charge >= 0.3 is 0 Å². The molecule has 18 heavy (non-hydrogen) atoms. The van der Waals surface area contributed by atoms with E-state index in [-0.39, 0.29) is 5.41 Å². The fourth-order valence-electron chi connectivity index (χ4n) is 3.76. The molecule has 1 atom stereocenters. The van der Waals surface area contributed by atoms with Gasteiger partial charge in [0.2, 0.25) is 0 Å². The molecule has 0 bridgehead atoms. The lowest BCUT2D eigenvalue weighted by atomic mass is 9.64. The zero-order chi connectivity index (χ0) is 12.4. The lowest BCUT2D eigenvalue weighted by molar-refractivity contribution is 0.229. The van der Waals surface area contributed by atoms with Crippen LogP contribution in [0.25, 0.3) is 0 Å². The Morgan fingerprint density at radius 1 is 1.06 bits per heavy atom. The van der Waals surface area contributed by atoms with E-state index in [1.165, 1.54) is 56.9 Å². The van der Waals surface area contributed by atoms with Crippen molar-refractivity contribution in [3.05, 3.63) is 35.9 Å². The number of nitrogens with two attached hydrogens (primary N) is 1. The van der Waals surface area contributed by atoms with E-state index < -0.39 is 0 Å². The van der Waals surface area contributed by atoms with Crippen molar-refractivity contribution in [1.29, 1.82) is 0 Å². The highest BCUT2D eigenvalue weighted by molar-refractivity contribution is 5.28. The molecule has 1 aromatic rings. The molecule has 1 heteroatoms. The third-order valence-corrected chi connectivity index (χ3v) is 5.09. The third kappa shape index (κ3) is 2.33. The molecule has 0 aromatic heterocycles. The molecule has 1 nitrogen and oxygen atoms in total. The second kappa shape index (κ2) is 5.05. The molecule has 0 aliphatic heterocycles. The molecule has 3 rings (SSSR count). The zero-order valence-electron chi connectivity index (χ0n) is 11.3. The first kappa shape index (κ1) is 12.2. The molecule has 0 heterocycles. The van der Waals surface area contributed by atoms with Crippen molar-refractivity contribution >= 4 is 0 Å². The summed E-state index contributed by atoms with van der Waals surface area (Å²) < 4.78 is 0. The molecule has 98 valence electrons. The molecular weight excluding hydrogens is 218 g/mol. The Morgan fingerprint density at radius 3 is 2.33 bits per heavy atom. The van der Waals surface area contributed by atoms with Crippen LogP contribution in [0.4, 0.5) is 0 Å². The van der Waals surface area contributed by atoms with Gasteiger partial charge in [-0.25, -0.2) is 0 Å². The molecule has 1 unspecified atom stereocenters. The Labute approximate surface area is 111 Å². The van der Waals surface area contributed by atoms with Crippen molar-refractivity contribution in [2.24, 2.45) is 11.7 Å². The summed E-state index contributed by atoms with van der Waals surface area (Å²) in [5.74, 6) is 0.933. The topological polar surface area (TPSA) is 26.0 Å². The van der Waals surface area contributed by atoms with Crippen molar-refractivity contribution in [3.63, 3.8) is 0 Å². The number of hydrogen-bond acceptors (Lipinski definition) is 1. The lowest BCUT2D eigenvalue weighted by Crippen LogP contribution is -2.47. The first-order chi connectivity index (χ1) is 8.81. The van der Waals surface area contributed by atoms with Crippen LogP contribution in [0.15, 0.2) is 30.3 Å². The molecule has 1 aromatic carbocycles. The summed E-state index contributed by atoms with van der Waals surface area (Å²) in [6, 6.07) is 11.4.